The van der Waals surface area contributed by atoms with E-state index in [1.807, 2.05) is 0 Å². The first-order valence-electron chi connectivity index (χ1n) is 3.95. The zero-order valence-electron chi connectivity index (χ0n) is 8.07. The highest BCUT2D eigenvalue weighted by atomic mass is 35.5. The molecular formula is C7H11ClN4O2S. The Labute approximate surface area is 92.8 Å². The fourth-order valence-corrected chi connectivity index (χ4v) is 2.22. The van der Waals surface area contributed by atoms with Crippen molar-refractivity contribution in [3.63, 3.8) is 0 Å². The minimum atomic E-state index is -3.67. The van der Waals surface area contributed by atoms with Crippen LogP contribution in [-0.4, -0.2) is 24.7 Å². The second-order valence-electron chi connectivity index (χ2n) is 2.89. The van der Waals surface area contributed by atoms with Crippen LogP contribution in [0.2, 0.25) is 0 Å². The Morgan fingerprint density at radius 3 is 2.80 bits per heavy atom. The summed E-state index contributed by atoms with van der Waals surface area (Å²) in [6.07, 6.45) is 1.31. The molecule has 0 saturated carbocycles. The third-order valence-corrected chi connectivity index (χ3v) is 3.12. The number of nitrogen functional groups attached to an aromatic ring is 1. The average Bonchev–Trinajstić information content (AvgIpc) is 2.43. The molecule has 0 aliphatic rings. The standard InChI is InChI=1S/C7H11ClN4O2S/c1-5(8)3-10-15(13,14)6-4-12(2)11-7(6)9/h4,10H,1,3H2,2H3,(H2,9,11). The lowest BCUT2D eigenvalue weighted by Gasteiger charge is -2.03. The summed E-state index contributed by atoms with van der Waals surface area (Å²) in [5.41, 5.74) is 5.43. The summed E-state index contributed by atoms with van der Waals surface area (Å²) in [4.78, 5) is -0.0667. The number of hydrogen-bond acceptors (Lipinski definition) is 4. The number of aromatic nitrogens is 2. The zero-order chi connectivity index (χ0) is 11.6. The van der Waals surface area contributed by atoms with E-state index in [4.69, 9.17) is 17.3 Å². The molecule has 6 nitrogen and oxygen atoms in total. The van der Waals surface area contributed by atoms with Gasteiger partial charge in [0.25, 0.3) is 0 Å². The van der Waals surface area contributed by atoms with E-state index in [0.29, 0.717) is 0 Å². The van der Waals surface area contributed by atoms with Gasteiger partial charge in [0.2, 0.25) is 10.0 Å². The van der Waals surface area contributed by atoms with E-state index in [2.05, 4.69) is 16.4 Å². The van der Waals surface area contributed by atoms with Crippen molar-refractivity contribution in [3.8, 4) is 0 Å². The van der Waals surface area contributed by atoms with Crippen LogP contribution in [0.15, 0.2) is 22.7 Å². The van der Waals surface area contributed by atoms with Crippen LogP contribution in [0.3, 0.4) is 0 Å². The van der Waals surface area contributed by atoms with Crippen LogP contribution in [0.5, 0.6) is 0 Å². The van der Waals surface area contributed by atoms with Crippen LogP contribution in [0.1, 0.15) is 0 Å². The van der Waals surface area contributed by atoms with Gasteiger partial charge in [0, 0.05) is 24.8 Å². The number of aryl methyl sites for hydroxylation is 1. The third-order valence-electron chi connectivity index (χ3n) is 1.57. The Morgan fingerprint density at radius 1 is 1.80 bits per heavy atom. The number of rotatable bonds is 4. The van der Waals surface area contributed by atoms with Gasteiger partial charge in [0.15, 0.2) is 5.82 Å². The predicted octanol–water partition coefficient (Wildman–Crippen LogP) is 0.0331. The first-order chi connectivity index (χ1) is 6.83. The van der Waals surface area contributed by atoms with E-state index < -0.39 is 10.0 Å². The van der Waals surface area contributed by atoms with Gasteiger partial charge in [-0.15, -0.1) is 0 Å². The summed E-state index contributed by atoms with van der Waals surface area (Å²) in [5.74, 6) is -0.0508. The van der Waals surface area contributed by atoms with Gasteiger partial charge in [-0.05, 0) is 0 Å². The molecule has 3 N–H and O–H groups in total. The van der Waals surface area contributed by atoms with Gasteiger partial charge < -0.3 is 5.73 Å². The monoisotopic (exact) mass is 250 g/mol. The molecule has 15 heavy (non-hydrogen) atoms. The van der Waals surface area contributed by atoms with Gasteiger partial charge in [-0.3, -0.25) is 4.68 Å². The lowest BCUT2D eigenvalue weighted by molar-refractivity contribution is 0.585. The zero-order valence-corrected chi connectivity index (χ0v) is 9.64. The molecule has 1 heterocycles. The largest absolute Gasteiger partial charge is 0.381 e. The van der Waals surface area contributed by atoms with E-state index in [9.17, 15) is 8.42 Å². The van der Waals surface area contributed by atoms with E-state index in [1.165, 1.54) is 10.9 Å². The Hall–Kier alpha value is -1.05. The van der Waals surface area contributed by atoms with Crippen molar-refractivity contribution in [2.45, 2.75) is 4.90 Å². The SMILES string of the molecule is C=C(Cl)CNS(=O)(=O)c1cn(C)nc1N. The highest BCUT2D eigenvalue weighted by Crippen LogP contribution is 2.15. The fraction of sp³-hybridized carbons (Fsp3) is 0.286. The predicted molar refractivity (Wildman–Crippen MR) is 57.8 cm³/mol. The summed E-state index contributed by atoms with van der Waals surface area (Å²) in [6, 6.07) is 0. The topological polar surface area (TPSA) is 90.0 Å². The normalized spacial score (nSPS) is 11.6. The van der Waals surface area contributed by atoms with Crippen molar-refractivity contribution in [1.29, 1.82) is 0 Å². The number of halogens is 1. The fourth-order valence-electron chi connectivity index (χ4n) is 0.942. The van der Waals surface area contributed by atoms with Crippen molar-refractivity contribution in [2.75, 3.05) is 12.3 Å². The molecule has 0 aliphatic carbocycles. The van der Waals surface area contributed by atoms with Crippen LogP contribution >= 0.6 is 11.6 Å². The van der Waals surface area contributed by atoms with Crippen LogP contribution < -0.4 is 10.5 Å². The molecule has 0 unspecified atom stereocenters. The smallest absolute Gasteiger partial charge is 0.246 e. The van der Waals surface area contributed by atoms with Gasteiger partial charge >= 0.3 is 0 Å². The second kappa shape index (κ2) is 4.21. The molecule has 0 saturated heterocycles. The lowest BCUT2D eigenvalue weighted by Crippen LogP contribution is -2.25. The number of nitrogens with one attached hydrogen (secondary N) is 1. The van der Waals surface area contributed by atoms with Crippen molar-refractivity contribution in [2.24, 2.45) is 7.05 Å². The maximum absolute atomic E-state index is 11.6. The van der Waals surface area contributed by atoms with Gasteiger partial charge in [-0.1, -0.05) is 18.2 Å². The van der Waals surface area contributed by atoms with E-state index in [1.54, 1.807) is 7.05 Å². The number of sulfonamides is 1. The van der Waals surface area contributed by atoms with Gasteiger partial charge in [0.05, 0.1) is 0 Å². The summed E-state index contributed by atoms with van der Waals surface area (Å²) in [7, 11) is -2.09. The lowest BCUT2D eigenvalue weighted by atomic mass is 10.6. The second-order valence-corrected chi connectivity index (χ2v) is 5.16. The first-order valence-corrected chi connectivity index (χ1v) is 5.81. The molecule has 0 radical (unpaired) electrons. The van der Waals surface area contributed by atoms with Crippen LogP contribution in [0.25, 0.3) is 0 Å². The molecule has 84 valence electrons. The summed E-state index contributed by atoms with van der Waals surface area (Å²) in [6.45, 7) is 3.32. The Bertz CT molecular complexity index is 479. The van der Waals surface area contributed by atoms with Crippen LogP contribution in [-0.2, 0) is 17.1 Å². The van der Waals surface area contributed by atoms with E-state index >= 15 is 0 Å². The first kappa shape index (κ1) is 12.0. The maximum Gasteiger partial charge on any atom is 0.246 e. The number of nitrogens with two attached hydrogens (primary N) is 1. The number of nitrogens with zero attached hydrogens (tertiary/aromatic N) is 2. The van der Waals surface area contributed by atoms with E-state index in [-0.39, 0.29) is 22.3 Å². The van der Waals surface area contributed by atoms with E-state index in [0.717, 1.165) is 0 Å². The van der Waals surface area contributed by atoms with Crippen molar-refractivity contribution < 1.29 is 8.42 Å². The molecule has 0 bridgehead atoms. The maximum atomic E-state index is 11.6. The molecule has 0 aromatic carbocycles. The Kier molecular flexibility index (Phi) is 3.38. The highest BCUT2D eigenvalue weighted by molar-refractivity contribution is 7.89. The summed E-state index contributed by atoms with van der Waals surface area (Å²) in [5, 5.41) is 3.92. The molecule has 8 heteroatoms. The molecule has 1 rings (SSSR count). The minimum Gasteiger partial charge on any atom is -0.381 e. The minimum absolute atomic E-state index is 0.0434. The highest BCUT2D eigenvalue weighted by Gasteiger charge is 2.19. The number of anilines is 1. The molecule has 1 aromatic heterocycles. The van der Waals surface area contributed by atoms with Crippen molar-refractivity contribution >= 4 is 27.4 Å². The Morgan fingerprint density at radius 2 is 2.40 bits per heavy atom. The Balaban J connectivity index is 2.96. The number of hydrogen-bond donors (Lipinski definition) is 2. The molecule has 0 aliphatic heterocycles. The molecule has 0 spiro atoms. The van der Waals surface area contributed by atoms with Gasteiger partial charge in [-0.2, -0.15) is 5.10 Å². The van der Waals surface area contributed by atoms with Crippen LogP contribution in [0, 0.1) is 0 Å². The summed E-state index contributed by atoms with van der Waals surface area (Å²) < 4.78 is 26.8. The van der Waals surface area contributed by atoms with Crippen molar-refractivity contribution in [3.05, 3.63) is 17.8 Å². The quantitative estimate of drug-likeness (QED) is 0.789. The third kappa shape index (κ3) is 2.95. The van der Waals surface area contributed by atoms with Crippen molar-refractivity contribution in [1.82, 2.24) is 14.5 Å². The molecule has 0 atom stereocenters. The van der Waals surface area contributed by atoms with Crippen LogP contribution in [0.4, 0.5) is 5.82 Å². The average molecular weight is 251 g/mol. The molecule has 0 amide bonds. The van der Waals surface area contributed by atoms with Gasteiger partial charge in [0.1, 0.15) is 4.90 Å². The molecular weight excluding hydrogens is 240 g/mol. The van der Waals surface area contributed by atoms with Gasteiger partial charge in [-0.25, -0.2) is 13.1 Å². The molecule has 0 fully saturated rings. The summed E-state index contributed by atoms with van der Waals surface area (Å²) >= 11 is 5.44. The molecule has 1 aromatic rings.